The zero-order chi connectivity index (χ0) is 9.30. The molecule has 0 aliphatic carbocycles. The van der Waals surface area contributed by atoms with Gasteiger partial charge in [0.1, 0.15) is 0 Å². The summed E-state index contributed by atoms with van der Waals surface area (Å²) < 4.78 is 22.9. The van der Waals surface area contributed by atoms with Gasteiger partial charge >= 0.3 is 29.6 Å². The third-order valence-electron chi connectivity index (χ3n) is 1.67. The fraction of sp³-hybridized carbons (Fsp3) is 0.571. The molecule has 0 aromatic carbocycles. The quantitative estimate of drug-likeness (QED) is 0.419. The van der Waals surface area contributed by atoms with E-state index in [1.54, 1.807) is 11.6 Å². The van der Waals surface area contributed by atoms with Crippen LogP contribution in [0.25, 0.3) is 0 Å². The second-order valence-corrected chi connectivity index (χ2v) is 3.78. The number of hydrogen-bond acceptors (Lipinski definition) is 3. The molecule has 0 bridgehead atoms. The summed E-state index contributed by atoms with van der Waals surface area (Å²) in [5, 5.41) is 3.96. The Labute approximate surface area is 102 Å². The molecule has 0 fully saturated rings. The fourth-order valence-corrected chi connectivity index (χ4v) is 1.56. The van der Waals surface area contributed by atoms with Crippen molar-refractivity contribution >= 4 is 11.1 Å². The number of rotatable bonds is 2. The first-order valence-electron chi connectivity index (χ1n) is 3.67. The zero-order valence-electron chi connectivity index (χ0n) is 8.27. The van der Waals surface area contributed by atoms with E-state index in [2.05, 4.69) is 5.10 Å². The average Bonchev–Trinajstić information content (AvgIpc) is 2.30. The molecule has 6 heteroatoms. The van der Waals surface area contributed by atoms with Gasteiger partial charge in [0.05, 0.1) is 16.8 Å². The van der Waals surface area contributed by atoms with Gasteiger partial charge in [-0.25, -0.2) is 0 Å². The molecule has 0 saturated carbocycles. The molecule has 0 aliphatic rings. The summed E-state index contributed by atoms with van der Waals surface area (Å²) >= 11 is -2.17. The van der Waals surface area contributed by atoms with Crippen molar-refractivity contribution in [1.29, 1.82) is 0 Å². The second-order valence-electron chi connectivity index (χ2n) is 2.87. The minimum Gasteiger partial charge on any atom is -0.768 e. The Kier molecular flexibility index (Phi) is 5.39. The number of hydrogen-bond donors (Lipinski definition) is 0. The van der Waals surface area contributed by atoms with E-state index in [4.69, 9.17) is 0 Å². The molecular formula is C7H11N2NaO2S. The van der Waals surface area contributed by atoms with Gasteiger partial charge in [0.25, 0.3) is 0 Å². The van der Waals surface area contributed by atoms with Crippen LogP contribution in [0.3, 0.4) is 0 Å². The van der Waals surface area contributed by atoms with Gasteiger partial charge in [0, 0.05) is 6.04 Å². The molecule has 0 spiro atoms. The van der Waals surface area contributed by atoms with E-state index in [1.807, 2.05) is 13.8 Å². The number of aromatic nitrogens is 2. The van der Waals surface area contributed by atoms with E-state index < -0.39 is 11.1 Å². The van der Waals surface area contributed by atoms with Crippen LogP contribution < -0.4 is 29.6 Å². The SMILES string of the molecule is Cc1c(S(=O)[O-])cnn1C(C)C.[Na+]. The third kappa shape index (κ3) is 2.89. The van der Waals surface area contributed by atoms with Gasteiger partial charge in [-0.3, -0.25) is 8.89 Å². The van der Waals surface area contributed by atoms with Gasteiger partial charge < -0.3 is 4.55 Å². The smallest absolute Gasteiger partial charge is 0.768 e. The molecule has 0 aliphatic heterocycles. The van der Waals surface area contributed by atoms with Crippen LogP contribution in [0, 0.1) is 6.92 Å². The molecule has 1 unspecified atom stereocenters. The van der Waals surface area contributed by atoms with E-state index in [1.165, 1.54) is 6.20 Å². The van der Waals surface area contributed by atoms with Crippen molar-refractivity contribution in [3.63, 3.8) is 0 Å². The van der Waals surface area contributed by atoms with Gasteiger partial charge in [-0.1, -0.05) is 0 Å². The number of nitrogens with zero attached hydrogens (tertiary/aromatic N) is 2. The predicted octanol–water partition coefficient (Wildman–Crippen LogP) is -1.99. The molecule has 1 aromatic rings. The van der Waals surface area contributed by atoms with E-state index in [0.29, 0.717) is 5.69 Å². The van der Waals surface area contributed by atoms with Crippen molar-refractivity contribution in [2.24, 2.45) is 0 Å². The normalized spacial score (nSPS) is 12.7. The molecule has 1 rings (SSSR count). The maximum absolute atomic E-state index is 10.6. The van der Waals surface area contributed by atoms with E-state index in [-0.39, 0.29) is 40.5 Å². The van der Waals surface area contributed by atoms with Crippen molar-refractivity contribution in [3.8, 4) is 0 Å². The zero-order valence-corrected chi connectivity index (χ0v) is 11.1. The summed E-state index contributed by atoms with van der Waals surface area (Å²) in [5.41, 5.74) is 0.693. The van der Waals surface area contributed by atoms with Gasteiger partial charge in [0.2, 0.25) is 0 Å². The second kappa shape index (κ2) is 5.26. The van der Waals surface area contributed by atoms with Crippen LogP contribution in [0.2, 0.25) is 0 Å². The van der Waals surface area contributed by atoms with Crippen LogP contribution in [0.1, 0.15) is 25.6 Å². The average molecular weight is 210 g/mol. The van der Waals surface area contributed by atoms with E-state index in [9.17, 15) is 8.76 Å². The Morgan fingerprint density at radius 1 is 1.62 bits per heavy atom. The van der Waals surface area contributed by atoms with E-state index >= 15 is 0 Å². The molecular weight excluding hydrogens is 199 g/mol. The Morgan fingerprint density at radius 2 is 2.15 bits per heavy atom. The minimum absolute atomic E-state index is 0. The maximum atomic E-state index is 10.6. The first-order valence-corrected chi connectivity index (χ1v) is 4.75. The molecule has 0 saturated heterocycles. The van der Waals surface area contributed by atoms with E-state index in [0.717, 1.165) is 0 Å². The van der Waals surface area contributed by atoms with Crippen LogP contribution in [-0.2, 0) is 11.1 Å². The topological polar surface area (TPSA) is 57.9 Å². The van der Waals surface area contributed by atoms with Gasteiger partial charge in [-0.15, -0.1) is 0 Å². The molecule has 0 amide bonds. The molecule has 1 atom stereocenters. The first kappa shape index (κ1) is 13.3. The molecule has 1 heterocycles. The van der Waals surface area contributed by atoms with Crippen LogP contribution in [0.15, 0.2) is 11.1 Å². The Morgan fingerprint density at radius 3 is 2.38 bits per heavy atom. The van der Waals surface area contributed by atoms with Crippen LogP contribution in [-0.4, -0.2) is 18.5 Å². The third-order valence-corrected chi connectivity index (χ3v) is 2.43. The fourth-order valence-electron chi connectivity index (χ4n) is 1.09. The minimum atomic E-state index is -2.17. The molecule has 13 heavy (non-hydrogen) atoms. The molecule has 68 valence electrons. The van der Waals surface area contributed by atoms with Gasteiger partial charge in [0.15, 0.2) is 0 Å². The van der Waals surface area contributed by atoms with Gasteiger partial charge in [-0.2, -0.15) is 5.10 Å². The summed E-state index contributed by atoms with van der Waals surface area (Å²) in [5.74, 6) is 0. The van der Waals surface area contributed by atoms with Crippen molar-refractivity contribution in [1.82, 2.24) is 9.78 Å². The standard InChI is InChI=1S/C7H12N2O2S.Na/c1-5(2)9-6(3)7(4-8-9)12(10)11;/h4-5H,1-3H3,(H,10,11);/q;+1/p-1. The summed E-state index contributed by atoms with van der Waals surface area (Å²) in [6.07, 6.45) is 1.37. The summed E-state index contributed by atoms with van der Waals surface area (Å²) in [4.78, 5) is 0.281. The van der Waals surface area contributed by atoms with Crippen molar-refractivity contribution < 1.29 is 38.3 Å². The predicted molar refractivity (Wildman–Crippen MR) is 44.5 cm³/mol. The van der Waals surface area contributed by atoms with Crippen molar-refractivity contribution in [2.45, 2.75) is 31.7 Å². The Balaban J connectivity index is 0.00000144. The summed E-state index contributed by atoms with van der Waals surface area (Å²) in [7, 11) is 0. The van der Waals surface area contributed by atoms with Crippen molar-refractivity contribution in [3.05, 3.63) is 11.9 Å². The summed E-state index contributed by atoms with van der Waals surface area (Å²) in [6.45, 7) is 5.66. The Bertz CT molecular complexity index is 311. The van der Waals surface area contributed by atoms with Crippen LogP contribution in [0.5, 0.6) is 0 Å². The maximum Gasteiger partial charge on any atom is 1.00 e. The molecule has 1 aromatic heterocycles. The molecule has 4 nitrogen and oxygen atoms in total. The molecule has 0 radical (unpaired) electrons. The summed E-state index contributed by atoms with van der Waals surface area (Å²) in [6, 6.07) is 0.197. The van der Waals surface area contributed by atoms with Crippen molar-refractivity contribution in [2.75, 3.05) is 0 Å². The van der Waals surface area contributed by atoms with Gasteiger partial charge in [-0.05, 0) is 31.9 Å². The van der Waals surface area contributed by atoms with Crippen LogP contribution >= 0.6 is 0 Å². The Hall–Kier alpha value is 0.320. The molecule has 0 N–H and O–H groups in total. The monoisotopic (exact) mass is 210 g/mol. The van der Waals surface area contributed by atoms with Crippen LogP contribution in [0.4, 0.5) is 0 Å². The first-order chi connectivity index (χ1) is 5.54. The largest absolute Gasteiger partial charge is 1.00 e.